The van der Waals surface area contributed by atoms with Gasteiger partial charge in [-0.1, -0.05) is 25.1 Å². The first-order valence-corrected chi connectivity index (χ1v) is 11.5. The summed E-state index contributed by atoms with van der Waals surface area (Å²) in [6, 6.07) is 15.2. The maximum atomic E-state index is 13.6. The molecule has 34 heavy (non-hydrogen) atoms. The molecule has 3 rings (SSSR count). The van der Waals surface area contributed by atoms with Crippen molar-refractivity contribution in [2.75, 3.05) is 23.3 Å². The lowest BCUT2D eigenvalue weighted by Crippen LogP contribution is -2.57. The predicted molar refractivity (Wildman–Crippen MR) is 135 cm³/mol. The summed E-state index contributed by atoms with van der Waals surface area (Å²) in [4.78, 5) is 30.3. The van der Waals surface area contributed by atoms with Crippen molar-refractivity contribution in [3.8, 4) is 0 Å². The van der Waals surface area contributed by atoms with Gasteiger partial charge in [-0.25, -0.2) is 0 Å². The van der Waals surface area contributed by atoms with Gasteiger partial charge in [0.1, 0.15) is 6.04 Å². The molecular formula is C24H33N7O3. The molecule has 1 aliphatic heterocycles. The van der Waals surface area contributed by atoms with Gasteiger partial charge in [-0.2, -0.15) is 0 Å². The van der Waals surface area contributed by atoms with Gasteiger partial charge in [0, 0.05) is 30.1 Å². The van der Waals surface area contributed by atoms with E-state index in [1.54, 1.807) is 12.1 Å². The third-order valence-electron chi connectivity index (χ3n) is 5.95. The van der Waals surface area contributed by atoms with Crippen LogP contribution in [0.1, 0.15) is 32.6 Å². The monoisotopic (exact) mass is 467 g/mol. The van der Waals surface area contributed by atoms with E-state index < -0.39 is 11.0 Å². The van der Waals surface area contributed by atoms with Crippen LogP contribution in [0, 0.1) is 16.0 Å². The molecule has 6 N–H and O–H groups in total. The Morgan fingerprint density at radius 2 is 1.94 bits per heavy atom. The number of nitrogens with one attached hydrogen (secondary N) is 2. The van der Waals surface area contributed by atoms with Gasteiger partial charge in [0.05, 0.1) is 11.1 Å². The average Bonchev–Trinajstić information content (AvgIpc) is 2.81. The molecule has 10 heteroatoms. The number of hydrogen-bond acceptors (Lipinski definition) is 6. The molecule has 1 aliphatic rings. The number of benzene rings is 2. The van der Waals surface area contributed by atoms with Gasteiger partial charge in [0.15, 0.2) is 5.96 Å². The van der Waals surface area contributed by atoms with Crippen LogP contribution >= 0.6 is 0 Å². The third-order valence-corrected chi connectivity index (χ3v) is 5.95. The minimum Gasteiger partial charge on any atom is -0.370 e. The van der Waals surface area contributed by atoms with Gasteiger partial charge in [-0.05, 0) is 62.4 Å². The van der Waals surface area contributed by atoms with Crippen molar-refractivity contribution in [1.29, 1.82) is 0 Å². The van der Waals surface area contributed by atoms with Crippen LogP contribution in [0.15, 0.2) is 59.6 Å². The molecule has 0 bridgehead atoms. The van der Waals surface area contributed by atoms with Gasteiger partial charge in [-0.15, -0.1) is 0 Å². The van der Waals surface area contributed by atoms with Crippen LogP contribution in [0.25, 0.3) is 0 Å². The number of nitrogens with zero attached hydrogens (tertiary/aromatic N) is 3. The fourth-order valence-corrected chi connectivity index (χ4v) is 4.25. The van der Waals surface area contributed by atoms with Gasteiger partial charge < -0.3 is 21.7 Å². The summed E-state index contributed by atoms with van der Waals surface area (Å²) < 4.78 is 0. The predicted octanol–water partition coefficient (Wildman–Crippen LogP) is 2.81. The van der Waals surface area contributed by atoms with Crippen molar-refractivity contribution < 1.29 is 9.72 Å². The summed E-state index contributed by atoms with van der Waals surface area (Å²) in [7, 11) is 0. The molecule has 2 unspecified atom stereocenters. The summed E-state index contributed by atoms with van der Waals surface area (Å²) in [5.74, 6) is 0.356. The standard InChI is InChI=1S/C24H33N7O3/c1-17-13-15-27-22(16-17)30(19-6-3-2-4-7-19)21(8-5-14-28-24(25)26)23(32)29-18-9-11-20(12-10-18)31(33)34/h2-4,6-7,9-12,17,21-22,27H,5,8,13-16H2,1H3,(H,29,32)(H4,25,26,28)/t17?,21-,22?/m0/s1. The Morgan fingerprint density at radius 3 is 2.56 bits per heavy atom. The van der Waals surface area contributed by atoms with E-state index in [2.05, 4.69) is 27.4 Å². The Balaban J connectivity index is 1.89. The quantitative estimate of drug-likeness (QED) is 0.138. The summed E-state index contributed by atoms with van der Waals surface area (Å²) in [5.41, 5.74) is 12.4. The number of rotatable bonds is 10. The molecule has 1 fully saturated rings. The summed E-state index contributed by atoms with van der Waals surface area (Å²) in [6.07, 6.45) is 3.12. The number of para-hydroxylation sites is 1. The number of aliphatic imine (C=N–C) groups is 1. The number of guanidine groups is 1. The van der Waals surface area contributed by atoms with Crippen LogP contribution in [0.3, 0.4) is 0 Å². The maximum Gasteiger partial charge on any atom is 0.269 e. The normalized spacial score (nSPS) is 18.5. The minimum atomic E-state index is -0.505. The van der Waals surface area contributed by atoms with Crippen molar-refractivity contribution in [2.24, 2.45) is 22.4 Å². The maximum absolute atomic E-state index is 13.6. The molecule has 1 amide bonds. The van der Waals surface area contributed by atoms with Crippen molar-refractivity contribution >= 4 is 28.9 Å². The first-order chi connectivity index (χ1) is 16.3. The zero-order chi connectivity index (χ0) is 24.5. The van der Waals surface area contributed by atoms with Crippen LogP contribution in [-0.2, 0) is 4.79 Å². The molecule has 0 spiro atoms. The summed E-state index contributed by atoms with van der Waals surface area (Å²) in [5, 5.41) is 17.5. The van der Waals surface area contributed by atoms with E-state index in [1.807, 2.05) is 30.3 Å². The molecule has 0 saturated carbocycles. The first-order valence-electron chi connectivity index (χ1n) is 11.5. The van der Waals surface area contributed by atoms with E-state index in [9.17, 15) is 14.9 Å². The van der Waals surface area contributed by atoms with Crippen LogP contribution in [-0.4, -0.2) is 42.1 Å². The Kier molecular flexibility index (Phi) is 8.80. The largest absolute Gasteiger partial charge is 0.370 e. The number of nitrogens with two attached hydrogens (primary N) is 2. The smallest absolute Gasteiger partial charge is 0.269 e. The average molecular weight is 468 g/mol. The van der Waals surface area contributed by atoms with Crippen LogP contribution < -0.4 is 27.0 Å². The highest BCUT2D eigenvalue weighted by atomic mass is 16.6. The molecule has 2 aromatic carbocycles. The molecule has 2 aromatic rings. The van der Waals surface area contributed by atoms with Gasteiger partial charge >= 0.3 is 0 Å². The van der Waals surface area contributed by atoms with Crippen molar-refractivity contribution in [1.82, 2.24) is 5.32 Å². The highest BCUT2D eigenvalue weighted by Crippen LogP contribution is 2.28. The van der Waals surface area contributed by atoms with Crippen LogP contribution in [0.4, 0.5) is 17.1 Å². The second-order valence-electron chi connectivity index (χ2n) is 8.60. The van der Waals surface area contributed by atoms with E-state index in [0.29, 0.717) is 31.0 Å². The second-order valence-corrected chi connectivity index (χ2v) is 8.60. The molecule has 0 aromatic heterocycles. The molecule has 1 saturated heterocycles. The highest BCUT2D eigenvalue weighted by molar-refractivity contribution is 5.97. The molecule has 3 atom stereocenters. The Hall–Kier alpha value is -3.66. The molecule has 1 heterocycles. The Morgan fingerprint density at radius 1 is 1.24 bits per heavy atom. The number of carbonyl (C=O) groups is 1. The van der Waals surface area contributed by atoms with Gasteiger partial charge in [-0.3, -0.25) is 25.2 Å². The SMILES string of the molecule is CC1CCNC(N(c2ccccc2)[C@@H](CCCN=C(N)N)C(=O)Nc2ccc([N+](=O)[O-])cc2)C1. The number of hydrogen-bond donors (Lipinski definition) is 4. The number of carbonyl (C=O) groups excluding carboxylic acids is 1. The van der Waals surface area contributed by atoms with E-state index in [4.69, 9.17) is 11.5 Å². The van der Waals surface area contributed by atoms with Crippen molar-refractivity contribution in [3.63, 3.8) is 0 Å². The zero-order valence-corrected chi connectivity index (χ0v) is 19.4. The van der Waals surface area contributed by atoms with Crippen LogP contribution in [0.2, 0.25) is 0 Å². The van der Waals surface area contributed by atoms with E-state index >= 15 is 0 Å². The Labute approximate surface area is 199 Å². The second kappa shape index (κ2) is 12.0. The number of piperidine rings is 1. The highest BCUT2D eigenvalue weighted by Gasteiger charge is 2.33. The third kappa shape index (κ3) is 6.92. The molecule has 0 radical (unpaired) electrons. The zero-order valence-electron chi connectivity index (χ0n) is 19.4. The number of non-ortho nitro benzene ring substituents is 1. The van der Waals surface area contributed by atoms with E-state index in [-0.39, 0.29) is 23.7 Å². The molecular weight excluding hydrogens is 434 g/mol. The number of nitro benzene ring substituents is 1. The Bertz CT molecular complexity index is 978. The fourth-order valence-electron chi connectivity index (χ4n) is 4.25. The fraction of sp³-hybridized carbons (Fsp3) is 0.417. The lowest BCUT2D eigenvalue weighted by molar-refractivity contribution is -0.384. The van der Waals surface area contributed by atoms with E-state index in [0.717, 1.165) is 25.1 Å². The van der Waals surface area contributed by atoms with E-state index in [1.165, 1.54) is 12.1 Å². The first kappa shape index (κ1) is 25.0. The summed E-state index contributed by atoms with van der Waals surface area (Å²) >= 11 is 0. The molecule has 10 nitrogen and oxygen atoms in total. The van der Waals surface area contributed by atoms with Crippen molar-refractivity contribution in [3.05, 3.63) is 64.7 Å². The van der Waals surface area contributed by atoms with Gasteiger partial charge in [0.2, 0.25) is 5.91 Å². The number of amides is 1. The lowest BCUT2D eigenvalue weighted by Gasteiger charge is -2.43. The number of anilines is 2. The molecule has 0 aliphatic carbocycles. The topological polar surface area (TPSA) is 152 Å². The van der Waals surface area contributed by atoms with Crippen molar-refractivity contribution in [2.45, 2.75) is 44.8 Å². The van der Waals surface area contributed by atoms with Crippen LogP contribution in [0.5, 0.6) is 0 Å². The summed E-state index contributed by atoms with van der Waals surface area (Å²) in [6.45, 7) is 3.52. The minimum absolute atomic E-state index is 0.0122. The number of nitro groups is 1. The van der Waals surface area contributed by atoms with Gasteiger partial charge in [0.25, 0.3) is 5.69 Å². The lowest BCUT2D eigenvalue weighted by atomic mass is 9.95. The molecule has 182 valence electrons.